The quantitative estimate of drug-likeness (QED) is 0.861. The molecule has 2 rings (SSSR count). The number of rotatable bonds is 6. The molecule has 1 N–H and O–H groups in total. The van der Waals surface area contributed by atoms with E-state index in [-0.39, 0.29) is 17.9 Å². The number of aryl methyl sites for hydroxylation is 1. The van der Waals surface area contributed by atoms with Crippen LogP contribution < -0.4 is 5.32 Å². The molecule has 132 valence electrons. The predicted molar refractivity (Wildman–Crippen MR) is 95.8 cm³/mol. The van der Waals surface area contributed by atoms with Crippen molar-refractivity contribution < 1.29 is 9.59 Å². The maximum Gasteiger partial charge on any atom is 0.237 e. The van der Waals surface area contributed by atoms with Gasteiger partial charge in [0.25, 0.3) is 0 Å². The van der Waals surface area contributed by atoms with Gasteiger partial charge in [-0.1, -0.05) is 36.8 Å². The van der Waals surface area contributed by atoms with Crippen LogP contribution in [-0.2, 0) is 16.0 Å². The third kappa shape index (κ3) is 5.06. The molecule has 1 aromatic rings. The highest BCUT2D eigenvalue weighted by atomic mass is 16.2. The Morgan fingerprint density at radius 2 is 1.75 bits per heavy atom. The van der Waals surface area contributed by atoms with Crippen LogP contribution in [0, 0.1) is 6.92 Å². The van der Waals surface area contributed by atoms with E-state index in [1.54, 1.807) is 0 Å². The number of carbonyl (C=O) groups excluding carboxylic acids is 2. The topological polar surface area (TPSA) is 52.7 Å². The fourth-order valence-corrected chi connectivity index (χ4v) is 2.91. The summed E-state index contributed by atoms with van der Waals surface area (Å²) in [5.41, 5.74) is 2.26. The van der Waals surface area contributed by atoms with Crippen molar-refractivity contribution in [2.75, 3.05) is 32.7 Å². The summed E-state index contributed by atoms with van der Waals surface area (Å²) >= 11 is 0. The fourth-order valence-electron chi connectivity index (χ4n) is 2.91. The number of hydrogen-bond donors (Lipinski definition) is 1. The summed E-state index contributed by atoms with van der Waals surface area (Å²) in [5.74, 6) is 0.248. The molecule has 0 aliphatic carbocycles. The lowest BCUT2D eigenvalue weighted by molar-refractivity contribution is -0.133. The van der Waals surface area contributed by atoms with Gasteiger partial charge in [0.05, 0.1) is 12.5 Å². The molecular formula is C19H29N3O2. The highest BCUT2D eigenvalue weighted by Gasteiger charge is 2.27. The molecular weight excluding hydrogens is 302 g/mol. The van der Waals surface area contributed by atoms with Gasteiger partial charge in [0.2, 0.25) is 11.8 Å². The van der Waals surface area contributed by atoms with E-state index in [9.17, 15) is 9.59 Å². The Balaban J connectivity index is 1.80. The summed E-state index contributed by atoms with van der Waals surface area (Å²) in [5, 5.41) is 2.94. The summed E-state index contributed by atoms with van der Waals surface area (Å²) in [6.45, 7) is 9.63. The molecule has 0 bridgehead atoms. The minimum Gasteiger partial charge on any atom is -0.355 e. The second kappa shape index (κ2) is 8.83. The van der Waals surface area contributed by atoms with Gasteiger partial charge >= 0.3 is 0 Å². The van der Waals surface area contributed by atoms with Crippen LogP contribution in [0.3, 0.4) is 0 Å². The molecule has 1 aliphatic rings. The van der Waals surface area contributed by atoms with Gasteiger partial charge < -0.3 is 10.2 Å². The van der Waals surface area contributed by atoms with E-state index < -0.39 is 0 Å². The number of nitrogens with zero attached hydrogens (tertiary/aromatic N) is 2. The third-order valence-electron chi connectivity index (χ3n) is 4.62. The molecule has 1 aromatic carbocycles. The first-order valence-electron chi connectivity index (χ1n) is 8.86. The molecule has 1 fully saturated rings. The normalized spacial score (nSPS) is 16.7. The lowest BCUT2D eigenvalue weighted by atomic mass is 10.1. The predicted octanol–water partition coefficient (Wildman–Crippen LogP) is 1.60. The molecule has 1 saturated heterocycles. The molecule has 24 heavy (non-hydrogen) atoms. The van der Waals surface area contributed by atoms with Crippen molar-refractivity contribution >= 4 is 11.8 Å². The van der Waals surface area contributed by atoms with Crippen molar-refractivity contribution in [2.45, 2.75) is 39.7 Å². The molecule has 1 aliphatic heterocycles. The van der Waals surface area contributed by atoms with Crippen LogP contribution in [0.4, 0.5) is 0 Å². The Hall–Kier alpha value is -1.88. The molecule has 5 heteroatoms. The smallest absolute Gasteiger partial charge is 0.237 e. The maximum atomic E-state index is 12.4. The van der Waals surface area contributed by atoms with Crippen molar-refractivity contribution in [2.24, 2.45) is 0 Å². The second-order valence-electron chi connectivity index (χ2n) is 6.55. The zero-order valence-corrected chi connectivity index (χ0v) is 15.0. The molecule has 0 aromatic heterocycles. The summed E-state index contributed by atoms with van der Waals surface area (Å²) in [4.78, 5) is 28.5. The van der Waals surface area contributed by atoms with Crippen LogP contribution in [0.2, 0.25) is 0 Å². The highest BCUT2D eigenvalue weighted by Crippen LogP contribution is 2.10. The van der Waals surface area contributed by atoms with Gasteiger partial charge in [-0.15, -0.1) is 0 Å². The first-order chi connectivity index (χ1) is 11.5. The zero-order valence-electron chi connectivity index (χ0n) is 15.0. The molecule has 1 unspecified atom stereocenters. The lowest BCUT2D eigenvalue weighted by Gasteiger charge is -2.37. The molecule has 1 heterocycles. The van der Waals surface area contributed by atoms with Crippen molar-refractivity contribution in [3.05, 3.63) is 35.4 Å². The van der Waals surface area contributed by atoms with E-state index in [0.29, 0.717) is 19.5 Å². The van der Waals surface area contributed by atoms with Gasteiger partial charge in [0.1, 0.15) is 0 Å². The molecule has 0 radical (unpaired) electrons. The molecule has 0 spiro atoms. The van der Waals surface area contributed by atoms with E-state index in [0.717, 1.165) is 31.6 Å². The van der Waals surface area contributed by atoms with E-state index >= 15 is 0 Å². The first-order valence-corrected chi connectivity index (χ1v) is 8.86. The minimum absolute atomic E-state index is 0.0799. The van der Waals surface area contributed by atoms with Crippen molar-refractivity contribution in [1.82, 2.24) is 15.1 Å². The minimum atomic E-state index is -0.133. The van der Waals surface area contributed by atoms with Gasteiger partial charge in [-0.25, -0.2) is 0 Å². The van der Waals surface area contributed by atoms with Crippen LogP contribution in [0.15, 0.2) is 24.3 Å². The van der Waals surface area contributed by atoms with Crippen LogP contribution in [0.5, 0.6) is 0 Å². The van der Waals surface area contributed by atoms with Crippen molar-refractivity contribution in [3.63, 3.8) is 0 Å². The molecule has 0 saturated carbocycles. The van der Waals surface area contributed by atoms with E-state index in [2.05, 4.69) is 10.2 Å². The maximum absolute atomic E-state index is 12.4. The Bertz CT molecular complexity index is 548. The average Bonchev–Trinajstić information content (AvgIpc) is 2.61. The monoisotopic (exact) mass is 331 g/mol. The number of amides is 2. The third-order valence-corrected chi connectivity index (χ3v) is 4.62. The molecule has 1 atom stereocenters. The van der Waals surface area contributed by atoms with Crippen LogP contribution in [0.25, 0.3) is 0 Å². The highest BCUT2D eigenvalue weighted by molar-refractivity contribution is 5.81. The summed E-state index contributed by atoms with van der Waals surface area (Å²) in [7, 11) is 0. The van der Waals surface area contributed by atoms with Gasteiger partial charge in [0, 0.05) is 32.7 Å². The van der Waals surface area contributed by atoms with E-state index in [1.165, 1.54) is 5.56 Å². The van der Waals surface area contributed by atoms with Crippen molar-refractivity contribution in [3.8, 4) is 0 Å². The summed E-state index contributed by atoms with van der Waals surface area (Å²) in [6.07, 6.45) is 1.40. The number of carbonyl (C=O) groups is 2. The molecule has 5 nitrogen and oxygen atoms in total. The number of nitrogens with one attached hydrogen (secondary N) is 1. The summed E-state index contributed by atoms with van der Waals surface area (Å²) < 4.78 is 0. The van der Waals surface area contributed by atoms with Gasteiger partial charge in [-0.3, -0.25) is 14.5 Å². The zero-order chi connectivity index (χ0) is 17.5. The molecule has 2 amide bonds. The van der Waals surface area contributed by atoms with Gasteiger partial charge in [0.15, 0.2) is 0 Å². The Kier molecular flexibility index (Phi) is 6.79. The Labute approximate surface area is 145 Å². The number of hydrogen-bond acceptors (Lipinski definition) is 3. The van der Waals surface area contributed by atoms with Crippen LogP contribution in [-0.4, -0.2) is 60.4 Å². The summed E-state index contributed by atoms with van der Waals surface area (Å²) in [6, 6.07) is 7.98. The van der Waals surface area contributed by atoms with Gasteiger partial charge in [-0.2, -0.15) is 0 Å². The van der Waals surface area contributed by atoms with Crippen LogP contribution >= 0.6 is 0 Å². The fraction of sp³-hybridized carbons (Fsp3) is 0.579. The standard InChI is InChI=1S/C19H29N3O2/c1-4-9-20-19(24)16(3)21-10-12-22(13-11-21)18(23)14-17-7-5-15(2)6-8-17/h5-8,16H,4,9-14H2,1-3H3,(H,20,24). The lowest BCUT2D eigenvalue weighted by Crippen LogP contribution is -2.55. The average molecular weight is 331 g/mol. The number of piperazine rings is 1. The van der Waals surface area contributed by atoms with Crippen LogP contribution in [0.1, 0.15) is 31.4 Å². The first kappa shape index (κ1) is 18.5. The SMILES string of the molecule is CCCNC(=O)C(C)N1CCN(C(=O)Cc2ccc(C)cc2)CC1. The number of benzene rings is 1. The van der Waals surface area contributed by atoms with Gasteiger partial charge in [-0.05, 0) is 25.8 Å². The van der Waals surface area contributed by atoms with E-state index in [1.807, 2.05) is 49.9 Å². The van der Waals surface area contributed by atoms with E-state index in [4.69, 9.17) is 0 Å². The largest absolute Gasteiger partial charge is 0.355 e. The Morgan fingerprint density at radius 1 is 1.12 bits per heavy atom. The Morgan fingerprint density at radius 3 is 2.33 bits per heavy atom. The second-order valence-corrected chi connectivity index (χ2v) is 6.55. The van der Waals surface area contributed by atoms with Crippen molar-refractivity contribution in [1.29, 1.82) is 0 Å².